The number of nitrogens with one attached hydrogen (secondary N) is 2. The van der Waals surface area contributed by atoms with Crippen LogP contribution in [0.5, 0.6) is 5.75 Å². The van der Waals surface area contributed by atoms with E-state index in [1.807, 2.05) is 0 Å². The molecule has 2 aromatic carbocycles. The van der Waals surface area contributed by atoms with E-state index < -0.39 is 32.5 Å². The van der Waals surface area contributed by atoms with Crippen LogP contribution in [0.4, 0.5) is 20.6 Å². The standard InChI is InChI=1S/C19H20Cl2FN3O5S/c1-10-8-25(9-11(2)30-10)31(28,29)18-12(20)6-7-15(17(18)26)24-19(27)23-14-5-3-4-13(22)16(14)21/h3-7,10-11,26H,8-9H2,1-2H3,(H2,23,24,27)/t10-,11+. The molecular formula is C19H20Cl2FN3O5S. The Morgan fingerprint density at radius 1 is 1.13 bits per heavy atom. The second-order valence-corrected chi connectivity index (χ2v) is 9.69. The summed E-state index contributed by atoms with van der Waals surface area (Å²) >= 11 is 11.9. The largest absolute Gasteiger partial charge is 0.504 e. The molecule has 3 N–H and O–H groups in total. The number of carbonyl (C=O) groups is 1. The predicted octanol–water partition coefficient (Wildman–Crippen LogP) is 4.28. The number of urea groups is 1. The van der Waals surface area contributed by atoms with Crippen molar-refractivity contribution in [3.05, 3.63) is 46.2 Å². The molecule has 2 aromatic rings. The van der Waals surface area contributed by atoms with E-state index in [0.29, 0.717) is 0 Å². The molecule has 0 unspecified atom stereocenters. The maximum atomic E-state index is 13.5. The topological polar surface area (TPSA) is 108 Å². The maximum absolute atomic E-state index is 13.5. The molecule has 0 bridgehead atoms. The molecule has 0 radical (unpaired) electrons. The summed E-state index contributed by atoms with van der Waals surface area (Å²) in [5, 5.41) is 14.8. The summed E-state index contributed by atoms with van der Waals surface area (Å²) < 4.78 is 46.6. The Morgan fingerprint density at radius 2 is 1.74 bits per heavy atom. The minimum absolute atomic E-state index is 0.00300. The van der Waals surface area contributed by atoms with E-state index in [2.05, 4.69) is 10.6 Å². The Labute approximate surface area is 188 Å². The van der Waals surface area contributed by atoms with E-state index >= 15 is 0 Å². The van der Waals surface area contributed by atoms with Crippen molar-refractivity contribution in [3.63, 3.8) is 0 Å². The SMILES string of the molecule is C[C@@H]1CN(S(=O)(=O)c2c(Cl)ccc(NC(=O)Nc3cccc(F)c3Cl)c2O)C[C@H](C)O1. The average molecular weight is 492 g/mol. The number of anilines is 2. The molecule has 1 fully saturated rings. The molecule has 1 aliphatic rings. The lowest BCUT2D eigenvalue weighted by molar-refractivity contribution is -0.0441. The molecular weight excluding hydrogens is 472 g/mol. The van der Waals surface area contributed by atoms with Crippen LogP contribution >= 0.6 is 23.2 Å². The molecule has 0 aliphatic carbocycles. The minimum atomic E-state index is -4.19. The molecule has 1 saturated heterocycles. The number of hydrogen-bond acceptors (Lipinski definition) is 5. The number of phenols is 1. The number of hydrogen-bond donors (Lipinski definition) is 3. The Bertz CT molecular complexity index is 1110. The number of ether oxygens (including phenoxy) is 1. The second kappa shape index (κ2) is 9.17. The first-order valence-electron chi connectivity index (χ1n) is 9.19. The molecule has 12 heteroatoms. The van der Waals surface area contributed by atoms with E-state index in [4.69, 9.17) is 27.9 Å². The molecule has 2 amide bonds. The van der Waals surface area contributed by atoms with Crippen LogP contribution in [0.25, 0.3) is 0 Å². The highest BCUT2D eigenvalue weighted by Crippen LogP contribution is 2.39. The summed E-state index contributed by atoms with van der Waals surface area (Å²) in [5.41, 5.74) is -0.209. The number of nitrogens with zero attached hydrogens (tertiary/aromatic N) is 1. The normalized spacial score (nSPS) is 19.8. The number of morpholine rings is 1. The van der Waals surface area contributed by atoms with Gasteiger partial charge < -0.3 is 20.5 Å². The summed E-state index contributed by atoms with van der Waals surface area (Å²) in [5.74, 6) is -1.45. The van der Waals surface area contributed by atoms with Crippen molar-refractivity contribution < 1.29 is 27.4 Å². The van der Waals surface area contributed by atoms with Gasteiger partial charge in [0.1, 0.15) is 10.7 Å². The first-order chi connectivity index (χ1) is 14.5. The Balaban J connectivity index is 1.88. The first kappa shape index (κ1) is 23.6. The van der Waals surface area contributed by atoms with Gasteiger partial charge in [0.05, 0.1) is 33.6 Å². The second-order valence-electron chi connectivity index (χ2n) is 7.03. The molecule has 31 heavy (non-hydrogen) atoms. The molecule has 1 aliphatic heterocycles. The van der Waals surface area contributed by atoms with Crippen LogP contribution in [0.1, 0.15) is 13.8 Å². The third kappa shape index (κ3) is 5.04. The van der Waals surface area contributed by atoms with Crippen molar-refractivity contribution in [2.75, 3.05) is 23.7 Å². The Morgan fingerprint density at radius 3 is 2.39 bits per heavy atom. The summed E-state index contributed by atoms with van der Waals surface area (Å²) in [7, 11) is -4.19. The van der Waals surface area contributed by atoms with Crippen molar-refractivity contribution in [3.8, 4) is 5.75 Å². The molecule has 0 aromatic heterocycles. The fraction of sp³-hybridized carbons (Fsp3) is 0.316. The van der Waals surface area contributed by atoms with Gasteiger partial charge in [-0.25, -0.2) is 17.6 Å². The van der Waals surface area contributed by atoms with Crippen LogP contribution in [-0.2, 0) is 14.8 Å². The predicted molar refractivity (Wildman–Crippen MR) is 116 cm³/mol. The fourth-order valence-corrected chi connectivity index (χ4v) is 5.58. The number of halogens is 3. The molecule has 0 saturated carbocycles. The van der Waals surface area contributed by atoms with Crippen molar-refractivity contribution >= 4 is 50.6 Å². The molecule has 3 rings (SSSR count). The van der Waals surface area contributed by atoms with Crippen molar-refractivity contribution in [2.45, 2.75) is 31.0 Å². The smallest absolute Gasteiger partial charge is 0.323 e. The lowest BCUT2D eigenvalue weighted by Crippen LogP contribution is -2.48. The van der Waals surface area contributed by atoms with Gasteiger partial charge >= 0.3 is 6.03 Å². The average Bonchev–Trinajstić information content (AvgIpc) is 2.67. The molecule has 168 valence electrons. The van der Waals surface area contributed by atoms with E-state index in [1.165, 1.54) is 28.6 Å². The zero-order valence-electron chi connectivity index (χ0n) is 16.5. The van der Waals surface area contributed by atoms with Gasteiger partial charge in [0.25, 0.3) is 0 Å². The van der Waals surface area contributed by atoms with E-state index in [9.17, 15) is 22.7 Å². The molecule has 8 nitrogen and oxygen atoms in total. The first-order valence-corrected chi connectivity index (χ1v) is 11.4. The number of phenolic OH excluding ortho intramolecular Hbond substituents is 1. The summed E-state index contributed by atoms with van der Waals surface area (Å²) in [4.78, 5) is 11.8. The van der Waals surface area contributed by atoms with Crippen molar-refractivity contribution in [2.24, 2.45) is 0 Å². The number of aromatic hydroxyl groups is 1. The summed E-state index contributed by atoms with van der Waals surface area (Å²) in [6.45, 7) is 3.64. The van der Waals surface area contributed by atoms with Crippen LogP contribution in [0.2, 0.25) is 10.0 Å². The van der Waals surface area contributed by atoms with Gasteiger partial charge in [-0.15, -0.1) is 0 Å². The molecule has 2 atom stereocenters. The monoisotopic (exact) mass is 491 g/mol. The van der Waals surface area contributed by atoms with Crippen molar-refractivity contribution in [1.82, 2.24) is 4.31 Å². The van der Waals surface area contributed by atoms with Gasteiger partial charge in [0.2, 0.25) is 10.0 Å². The molecule has 1 heterocycles. The highest BCUT2D eigenvalue weighted by atomic mass is 35.5. The lowest BCUT2D eigenvalue weighted by Gasteiger charge is -2.34. The summed E-state index contributed by atoms with van der Waals surface area (Å²) in [6, 6.07) is 5.47. The van der Waals surface area contributed by atoms with Crippen molar-refractivity contribution in [1.29, 1.82) is 0 Å². The maximum Gasteiger partial charge on any atom is 0.323 e. The number of carbonyl (C=O) groups excluding carboxylic acids is 1. The van der Waals surface area contributed by atoms with E-state index in [1.54, 1.807) is 13.8 Å². The van der Waals surface area contributed by atoms with Gasteiger partial charge in [-0.3, -0.25) is 0 Å². The summed E-state index contributed by atoms with van der Waals surface area (Å²) in [6.07, 6.45) is -0.690. The van der Waals surface area contributed by atoms with Gasteiger partial charge in [-0.05, 0) is 38.1 Å². The highest BCUT2D eigenvalue weighted by Gasteiger charge is 2.36. The third-order valence-corrected chi connectivity index (χ3v) is 7.23. The minimum Gasteiger partial charge on any atom is -0.504 e. The Hall–Kier alpha value is -2.11. The van der Waals surface area contributed by atoms with Crippen LogP contribution in [0.3, 0.4) is 0 Å². The van der Waals surface area contributed by atoms with Gasteiger partial charge in [0.15, 0.2) is 5.75 Å². The quantitative estimate of drug-likeness (QED) is 0.553. The zero-order valence-corrected chi connectivity index (χ0v) is 18.9. The van der Waals surface area contributed by atoms with Crippen LogP contribution in [0.15, 0.2) is 35.2 Å². The Kier molecular flexibility index (Phi) is 6.97. The van der Waals surface area contributed by atoms with Gasteiger partial charge in [-0.2, -0.15) is 4.31 Å². The molecule has 0 spiro atoms. The zero-order chi connectivity index (χ0) is 22.9. The number of benzene rings is 2. The van der Waals surface area contributed by atoms with Crippen LogP contribution in [-0.4, -0.2) is 49.2 Å². The highest BCUT2D eigenvalue weighted by molar-refractivity contribution is 7.89. The van der Waals surface area contributed by atoms with Gasteiger partial charge in [0, 0.05) is 13.1 Å². The van der Waals surface area contributed by atoms with E-state index in [-0.39, 0.29) is 46.7 Å². The number of rotatable bonds is 4. The third-order valence-electron chi connectivity index (χ3n) is 4.52. The van der Waals surface area contributed by atoms with Crippen LogP contribution < -0.4 is 10.6 Å². The lowest BCUT2D eigenvalue weighted by atomic mass is 10.3. The van der Waals surface area contributed by atoms with Crippen LogP contribution in [0, 0.1) is 5.82 Å². The van der Waals surface area contributed by atoms with E-state index in [0.717, 1.165) is 6.07 Å². The van der Waals surface area contributed by atoms with Gasteiger partial charge in [-0.1, -0.05) is 29.3 Å². The number of sulfonamides is 1. The fourth-order valence-electron chi connectivity index (χ4n) is 3.23. The number of amides is 2.